The fourth-order valence-corrected chi connectivity index (χ4v) is 0.862. The number of carbonyl (C=O) groups excluding carboxylic acids is 1. The molecule has 0 atom stereocenters. The van der Waals surface area contributed by atoms with Gasteiger partial charge in [-0.15, -0.1) is 0 Å². The molecule has 0 spiro atoms. The Morgan fingerprint density at radius 3 is 2.27 bits per heavy atom. The summed E-state index contributed by atoms with van der Waals surface area (Å²) in [7, 11) is 0. The summed E-state index contributed by atoms with van der Waals surface area (Å²) in [5, 5.41) is 0. The summed E-state index contributed by atoms with van der Waals surface area (Å²) in [5.41, 5.74) is 4.61. The molecule has 0 radical (unpaired) electrons. The van der Waals surface area contributed by atoms with Gasteiger partial charge in [0.15, 0.2) is 0 Å². The first-order chi connectivity index (χ1) is 5.26. The van der Waals surface area contributed by atoms with Crippen molar-refractivity contribution in [2.24, 2.45) is 5.73 Å². The van der Waals surface area contributed by atoms with E-state index in [0.717, 1.165) is 13.0 Å². The number of nitrogens with two attached hydrogens (primary N) is 1. The number of rotatable bonds is 1. The van der Waals surface area contributed by atoms with Crippen molar-refractivity contribution in [2.75, 3.05) is 6.54 Å². The van der Waals surface area contributed by atoms with Gasteiger partial charge in [-0.3, -0.25) is 4.79 Å². The molecule has 0 bridgehead atoms. The molecule has 1 rings (SSSR count). The number of likely N-dealkylation sites (tertiary alicyclic amines) is 1. The van der Waals surface area contributed by atoms with E-state index < -0.39 is 0 Å². The molecule has 0 aromatic rings. The molecule has 11 heavy (non-hydrogen) atoms. The first kappa shape index (κ1) is 9.75. The smallest absolute Gasteiger partial charge is 0.226 e. The van der Waals surface area contributed by atoms with Crippen LogP contribution in [0.25, 0.3) is 0 Å². The number of hydrogen-bond acceptors (Lipinski definition) is 2. The van der Waals surface area contributed by atoms with Gasteiger partial charge in [-0.05, 0) is 18.8 Å². The van der Waals surface area contributed by atoms with Crippen LogP contribution in [0.15, 0.2) is 25.6 Å². The Morgan fingerprint density at radius 2 is 2.09 bits per heavy atom. The normalized spacial score (nSPS) is 15.3. The standard InChI is InChI=1S/C6H9NO.C2H5N/c1-2-7-5-3-4-6(7)8;1-2-3/h2H,1,3-5H2;2H,1,3H2. The molecule has 0 aromatic heterocycles. The summed E-state index contributed by atoms with van der Waals surface area (Å²) < 4.78 is 0. The van der Waals surface area contributed by atoms with Crippen molar-refractivity contribution >= 4 is 5.91 Å². The first-order valence-corrected chi connectivity index (χ1v) is 3.51. The van der Waals surface area contributed by atoms with Crippen molar-refractivity contribution in [3.05, 3.63) is 25.6 Å². The third-order valence-electron chi connectivity index (χ3n) is 1.33. The second-order valence-electron chi connectivity index (χ2n) is 2.11. The van der Waals surface area contributed by atoms with Crippen LogP contribution in [0.3, 0.4) is 0 Å². The van der Waals surface area contributed by atoms with Gasteiger partial charge in [0.05, 0.1) is 0 Å². The lowest BCUT2D eigenvalue weighted by Crippen LogP contribution is -2.16. The number of nitrogens with zero attached hydrogens (tertiary/aromatic N) is 1. The van der Waals surface area contributed by atoms with Crippen LogP contribution in [0.1, 0.15) is 12.8 Å². The van der Waals surface area contributed by atoms with Crippen LogP contribution in [-0.2, 0) is 4.79 Å². The predicted molar refractivity (Wildman–Crippen MR) is 45.5 cm³/mol. The maximum Gasteiger partial charge on any atom is 0.226 e. The molecule has 0 aromatic carbocycles. The summed E-state index contributed by atoms with van der Waals surface area (Å²) >= 11 is 0. The lowest BCUT2D eigenvalue weighted by molar-refractivity contribution is -0.125. The third-order valence-corrected chi connectivity index (χ3v) is 1.33. The second-order valence-corrected chi connectivity index (χ2v) is 2.11. The van der Waals surface area contributed by atoms with Crippen LogP contribution in [-0.4, -0.2) is 17.4 Å². The Balaban J connectivity index is 0.000000292. The lowest BCUT2D eigenvalue weighted by atomic mass is 10.4. The van der Waals surface area contributed by atoms with Crippen LogP contribution in [0.2, 0.25) is 0 Å². The van der Waals surface area contributed by atoms with E-state index in [-0.39, 0.29) is 5.91 Å². The zero-order chi connectivity index (χ0) is 8.69. The molecular formula is C8H14N2O. The fraction of sp³-hybridized carbons (Fsp3) is 0.375. The zero-order valence-corrected chi connectivity index (χ0v) is 6.62. The van der Waals surface area contributed by atoms with Gasteiger partial charge >= 0.3 is 0 Å². The van der Waals surface area contributed by atoms with Crippen molar-refractivity contribution in [1.82, 2.24) is 4.90 Å². The molecule has 1 saturated heterocycles. The Bertz CT molecular complexity index is 154. The number of carbonyl (C=O) groups is 1. The van der Waals surface area contributed by atoms with Crippen LogP contribution in [0, 0.1) is 0 Å². The highest BCUT2D eigenvalue weighted by molar-refractivity contribution is 5.78. The van der Waals surface area contributed by atoms with Crippen molar-refractivity contribution < 1.29 is 4.79 Å². The monoisotopic (exact) mass is 154 g/mol. The largest absolute Gasteiger partial charge is 0.405 e. The number of amides is 1. The summed E-state index contributed by atoms with van der Waals surface area (Å²) in [6.07, 6.45) is 4.53. The van der Waals surface area contributed by atoms with Gasteiger partial charge in [-0.25, -0.2) is 0 Å². The van der Waals surface area contributed by atoms with Crippen molar-refractivity contribution in [3.63, 3.8) is 0 Å². The van der Waals surface area contributed by atoms with Gasteiger partial charge in [0, 0.05) is 13.0 Å². The van der Waals surface area contributed by atoms with E-state index in [1.807, 2.05) is 0 Å². The van der Waals surface area contributed by atoms with Gasteiger partial charge in [-0.1, -0.05) is 13.2 Å². The number of hydrogen-bond donors (Lipinski definition) is 1. The van der Waals surface area contributed by atoms with Crippen LogP contribution < -0.4 is 5.73 Å². The molecule has 62 valence electrons. The molecule has 1 aliphatic rings. The molecule has 3 heteroatoms. The fourth-order valence-electron chi connectivity index (χ4n) is 0.862. The molecular weight excluding hydrogens is 140 g/mol. The van der Waals surface area contributed by atoms with Crippen LogP contribution in [0.5, 0.6) is 0 Å². The van der Waals surface area contributed by atoms with Gasteiger partial charge in [0.25, 0.3) is 0 Å². The first-order valence-electron chi connectivity index (χ1n) is 3.51. The van der Waals surface area contributed by atoms with Crippen molar-refractivity contribution in [2.45, 2.75) is 12.8 Å². The Labute approximate surface area is 67.2 Å². The third kappa shape index (κ3) is 3.45. The molecule has 1 fully saturated rings. The van der Waals surface area contributed by atoms with Crippen molar-refractivity contribution in [3.8, 4) is 0 Å². The molecule has 1 amide bonds. The van der Waals surface area contributed by atoms with E-state index in [2.05, 4.69) is 18.9 Å². The molecule has 0 unspecified atom stereocenters. The molecule has 0 aliphatic carbocycles. The van der Waals surface area contributed by atoms with Gasteiger partial charge in [0.1, 0.15) is 0 Å². The van der Waals surface area contributed by atoms with E-state index in [9.17, 15) is 4.79 Å². The lowest BCUT2D eigenvalue weighted by Gasteiger charge is -2.05. The molecule has 2 N–H and O–H groups in total. The van der Waals surface area contributed by atoms with Crippen molar-refractivity contribution in [1.29, 1.82) is 0 Å². The summed E-state index contributed by atoms with van der Waals surface area (Å²) in [5.74, 6) is 0.208. The zero-order valence-electron chi connectivity index (χ0n) is 6.62. The highest BCUT2D eigenvalue weighted by atomic mass is 16.2. The molecule has 1 heterocycles. The molecule has 0 saturated carbocycles. The average Bonchev–Trinajstić information content (AvgIpc) is 2.36. The Kier molecular flexibility index (Phi) is 4.90. The SMILES string of the molecule is C=CN.C=CN1CCCC1=O. The predicted octanol–water partition coefficient (Wildman–Crippen LogP) is 0.841. The van der Waals surface area contributed by atoms with E-state index in [1.54, 1.807) is 11.1 Å². The highest BCUT2D eigenvalue weighted by Gasteiger charge is 2.15. The summed E-state index contributed by atoms with van der Waals surface area (Å²) in [6.45, 7) is 7.50. The molecule has 3 nitrogen and oxygen atoms in total. The van der Waals surface area contributed by atoms with Gasteiger partial charge in [-0.2, -0.15) is 0 Å². The Hall–Kier alpha value is -1.25. The minimum atomic E-state index is 0.208. The van der Waals surface area contributed by atoms with E-state index in [4.69, 9.17) is 0 Å². The Morgan fingerprint density at radius 1 is 1.55 bits per heavy atom. The maximum atomic E-state index is 10.7. The van der Waals surface area contributed by atoms with E-state index >= 15 is 0 Å². The minimum Gasteiger partial charge on any atom is -0.405 e. The molecule has 1 aliphatic heterocycles. The quantitative estimate of drug-likeness (QED) is 0.608. The summed E-state index contributed by atoms with van der Waals surface area (Å²) in [4.78, 5) is 12.3. The minimum absolute atomic E-state index is 0.208. The van der Waals surface area contributed by atoms with Gasteiger partial charge < -0.3 is 10.6 Å². The maximum absolute atomic E-state index is 10.7. The van der Waals surface area contributed by atoms with E-state index in [1.165, 1.54) is 6.20 Å². The van der Waals surface area contributed by atoms with Crippen LogP contribution >= 0.6 is 0 Å². The van der Waals surface area contributed by atoms with Gasteiger partial charge in [0.2, 0.25) is 5.91 Å². The topological polar surface area (TPSA) is 46.3 Å². The van der Waals surface area contributed by atoms with Crippen LogP contribution in [0.4, 0.5) is 0 Å². The van der Waals surface area contributed by atoms with E-state index in [0.29, 0.717) is 6.42 Å². The second kappa shape index (κ2) is 5.53. The summed E-state index contributed by atoms with van der Waals surface area (Å²) in [6, 6.07) is 0. The highest BCUT2D eigenvalue weighted by Crippen LogP contribution is 2.08. The average molecular weight is 154 g/mol.